The Bertz CT molecular complexity index is 2240. The molecule has 2 aliphatic carbocycles. The minimum Gasteiger partial charge on any atom is -0.468 e. The number of amidine groups is 2. The SMILES string of the molecule is CC1=C(Br)C2C(C)C(C)C(C)C2S1.CC1=C(c2ccc(C)cc2)C2C(C)C(C)C(C)C2S1.C[Si](C)(C)Cl.[CH3-].[CH3-].[Cl][Ti][Cl].[Cl][Ti][Cl].[N-]=C(c1c(F)cccc1F)N1CCCCC1.[N-]=C(c1c(F)cccc1F)N1CCCCC1. The van der Waals surface area contributed by atoms with Crippen LogP contribution in [0.1, 0.15) is 116 Å². The number of hydrogen-bond donors (Lipinski definition) is 0. The Balaban J connectivity index is 0.000000480. The minimum absolute atomic E-state index is 0. The van der Waals surface area contributed by atoms with Crippen molar-refractivity contribution in [2.24, 2.45) is 47.3 Å². The first-order chi connectivity index (χ1) is 35.3. The number of benzene rings is 3. The van der Waals surface area contributed by atoms with Crippen molar-refractivity contribution in [2.75, 3.05) is 26.2 Å². The van der Waals surface area contributed by atoms with Gasteiger partial charge in [0.25, 0.3) is 0 Å². The molecule has 2 saturated carbocycles. The quantitative estimate of drug-likeness (QED) is 0.0655. The van der Waals surface area contributed by atoms with Crippen molar-refractivity contribution >= 4 is 112 Å². The molecule has 4 aliphatic heterocycles. The summed E-state index contributed by atoms with van der Waals surface area (Å²) in [6.07, 6.45) is 5.98. The van der Waals surface area contributed by atoms with Crippen LogP contribution in [-0.2, 0) is 34.1 Å². The van der Waals surface area contributed by atoms with E-state index in [-0.39, 0.29) is 37.7 Å². The van der Waals surface area contributed by atoms with Crippen molar-refractivity contribution in [1.29, 1.82) is 0 Å². The number of fused-ring (bicyclic) bond motifs is 2. The van der Waals surface area contributed by atoms with Crippen LogP contribution in [0.15, 0.2) is 75.0 Å². The van der Waals surface area contributed by atoms with Crippen LogP contribution in [0, 0.1) is 92.4 Å². The van der Waals surface area contributed by atoms with Gasteiger partial charge in [0.05, 0.1) is 0 Å². The second kappa shape index (κ2) is 36.7. The van der Waals surface area contributed by atoms with Gasteiger partial charge in [-0.3, -0.25) is 0 Å². The zero-order valence-corrected chi connectivity index (χ0v) is 58.6. The minimum atomic E-state index is -1.14. The first kappa shape index (κ1) is 75.1. The Kier molecular flexibility index (Phi) is 35.8. The van der Waals surface area contributed by atoms with Gasteiger partial charge in [-0.2, -0.15) is 11.1 Å². The Labute approximate surface area is 519 Å². The van der Waals surface area contributed by atoms with Gasteiger partial charge in [0, 0.05) is 37.9 Å². The largest absolute Gasteiger partial charge is 0.468 e. The van der Waals surface area contributed by atoms with Crippen molar-refractivity contribution in [3.63, 3.8) is 0 Å². The molecule has 0 radical (unpaired) electrons. The van der Waals surface area contributed by atoms with Crippen LogP contribution in [0.3, 0.4) is 0 Å². The van der Waals surface area contributed by atoms with Crippen LogP contribution in [0.4, 0.5) is 17.6 Å². The van der Waals surface area contributed by atoms with E-state index in [2.05, 4.69) is 146 Å². The molecule has 3 aromatic carbocycles. The molecular formula is C58H82BrCl5F4N4S2SiTi2-4. The van der Waals surface area contributed by atoms with Crippen LogP contribution >= 0.6 is 87.8 Å². The number of thioether (sulfide) groups is 2. The number of halogens is 10. The molecule has 0 amide bonds. The van der Waals surface area contributed by atoms with Gasteiger partial charge >= 0.3 is 71.3 Å². The van der Waals surface area contributed by atoms with Crippen molar-refractivity contribution in [2.45, 2.75) is 131 Å². The average molecular weight is 1360 g/mol. The van der Waals surface area contributed by atoms with E-state index in [9.17, 15) is 28.4 Å². The van der Waals surface area contributed by atoms with E-state index >= 15 is 0 Å². The molecule has 0 bridgehead atoms. The predicted molar refractivity (Wildman–Crippen MR) is 334 cm³/mol. The molecule has 10 atom stereocenters. The monoisotopic (exact) mass is 1350 g/mol. The van der Waals surface area contributed by atoms with Gasteiger partial charge in [0.2, 0.25) is 0 Å². The van der Waals surface area contributed by atoms with Crippen molar-refractivity contribution in [3.8, 4) is 0 Å². The molecule has 9 rings (SSSR count). The smallest absolute Gasteiger partial charge is 0.133 e. The summed E-state index contributed by atoms with van der Waals surface area (Å²) >= 11 is 12.6. The van der Waals surface area contributed by atoms with Crippen molar-refractivity contribution < 1.29 is 51.6 Å². The van der Waals surface area contributed by atoms with Crippen LogP contribution < -0.4 is 0 Å². The Morgan fingerprint density at radius 1 is 0.545 bits per heavy atom. The average Bonchev–Trinajstić information content (AvgIpc) is 4.00. The summed E-state index contributed by atoms with van der Waals surface area (Å²) in [6.45, 7) is 30.2. The molecule has 0 spiro atoms. The van der Waals surface area contributed by atoms with Crippen molar-refractivity contribution in [3.05, 3.63) is 146 Å². The second-order valence-corrected chi connectivity index (χ2v) is 37.6. The molecule has 3 aromatic rings. The summed E-state index contributed by atoms with van der Waals surface area (Å²) in [4.78, 5) is 6.33. The third-order valence-electron chi connectivity index (χ3n) is 15.2. The summed E-state index contributed by atoms with van der Waals surface area (Å²) in [6, 6.07) is 16.3. The summed E-state index contributed by atoms with van der Waals surface area (Å²) in [5.41, 5.74) is 3.81. The summed E-state index contributed by atoms with van der Waals surface area (Å²) in [5, 5.41) is 21.4. The number of likely N-dealkylation sites (tertiary alicyclic amines) is 2. The first-order valence-corrected chi connectivity index (χ1v) is 41.5. The fourth-order valence-corrected chi connectivity index (χ4v) is 15.3. The zero-order valence-electron chi connectivity index (χ0n) is 47.5. The molecule has 10 unspecified atom stereocenters. The van der Waals surface area contributed by atoms with Gasteiger partial charge in [0.15, 0.2) is 0 Å². The summed E-state index contributed by atoms with van der Waals surface area (Å²) < 4.78 is 55.1. The summed E-state index contributed by atoms with van der Waals surface area (Å²) in [5.74, 6) is 3.20. The molecule has 4 nitrogen and oxygen atoms in total. The van der Waals surface area contributed by atoms with E-state index in [0.717, 1.165) is 121 Å². The molecule has 0 N–H and O–H groups in total. The van der Waals surface area contributed by atoms with Crippen molar-refractivity contribution in [1.82, 2.24) is 9.80 Å². The number of rotatable bonds is 3. The van der Waals surface area contributed by atoms with Gasteiger partial charge in [-0.15, -0.1) is 23.5 Å². The van der Waals surface area contributed by atoms with Crippen LogP contribution in [0.2, 0.25) is 19.6 Å². The molecular weight excluding hydrogens is 1270 g/mol. The second-order valence-electron chi connectivity index (χ2n) is 21.3. The molecule has 4 fully saturated rings. The Hall–Kier alpha value is 0.0755. The number of nitrogens with zero attached hydrogens (tertiary/aromatic N) is 4. The van der Waals surface area contributed by atoms with E-state index in [1.165, 1.54) is 32.6 Å². The molecule has 0 aromatic heterocycles. The number of piperidine rings is 2. The maximum atomic E-state index is 13.4. The van der Waals surface area contributed by atoms with Gasteiger partial charge in [-0.1, -0.05) is 169 Å². The number of aryl methyl sites for hydroxylation is 1. The third kappa shape index (κ3) is 21.9. The maximum Gasteiger partial charge on any atom is 0.133 e. The van der Waals surface area contributed by atoms with E-state index in [4.69, 9.17) is 48.3 Å². The van der Waals surface area contributed by atoms with E-state index in [1.54, 1.807) is 20.3 Å². The fourth-order valence-electron chi connectivity index (χ4n) is 10.7. The zero-order chi connectivity index (χ0) is 56.5. The van der Waals surface area contributed by atoms with Gasteiger partial charge in [-0.25, -0.2) is 17.6 Å². The molecule has 4 heterocycles. The maximum absolute atomic E-state index is 13.4. The number of hydrogen-bond acceptors (Lipinski definition) is 2. The third-order valence-corrected chi connectivity index (χ3v) is 19.7. The Morgan fingerprint density at radius 2 is 0.857 bits per heavy atom. The summed E-state index contributed by atoms with van der Waals surface area (Å²) in [7, 11) is 18.4. The first-order valence-electron chi connectivity index (χ1n) is 25.9. The van der Waals surface area contributed by atoms with Crippen LogP contribution in [0.5, 0.6) is 0 Å². The molecule has 19 heteroatoms. The standard InChI is InChI=1S/C18H24S.2C12H13F2N2.C11H17BrS.C3H9ClSi.2CH3.4ClH.2Ti/c1-10-6-8-15(9-7-10)17-14(5)19-18-13(4)11(2)12(3)16(17)18;2*13-9-5-4-6-10(14)11(9)12(15)16-7-2-1-3-8-16;1-5-6(2)9-10(12)8(4)13-11(9)7(5)3;1-5(2,3)4;;;;;;;;/h6-9,11-13,16,18H,1-5H3;2*4-6H,1-3,7-8H2;5-7,9,11H,1-4H3;1-3H3;2*1H3;4*1H;;/q;2*-1;;;2*-1;;;;;2*+2/p-4. The van der Waals surface area contributed by atoms with E-state index in [1.807, 2.05) is 0 Å². The molecule has 77 heavy (non-hydrogen) atoms. The molecule has 6 aliphatic rings. The van der Waals surface area contributed by atoms with E-state index < -0.39 is 64.7 Å². The molecule has 2 saturated heterocycles. The molecule has 432 valence electrons. The van der Waals surface area contributed by atoms with Crippen LogP contribution in [-0.4, -0.2) is 65.5 Å². The normalized spacial score (nSPS) is 25.7. The van der Waals surface area contributed by atoms with Gasteiger partial charge in [-0.05, 0) is 128 Å². The van der Waals surface area contributed by atoms with Gasteiger partial charge in [0.1, 0.15) is 30.7 Å². The fraction of sp³-hybridized carbons (Fsp3) is 0.552. The van der Waals surface area contributed by atoms with E-state index in [0.29, 0.717) is 26.2 Å². The predicted octanol–water partition coefficient (Wildman–Crippen LogP) is 20.9. The van der Waals surface area contributed by atoms with Gasteiger partial charge < -0.3 is 35.5 Å². The number of allylic oxidation sites excluding steroid dienone is 4. The Morgan fingerprint density at radius 3 is 1.19 bits per heavy atom. The topological polar surface area (TPSA) is 51.1 Å². The van der Waals surface area contributed by atoms with Crippen LogP contribution in [0.25, 0.3) is 16.4 Å².